The van der Waals surface area contributed by atoms with E-state index in [2.05, 4.69) is 20.4 Å². The van der Waals surface area contributed by atoms with Crippen molar-refractivity contribution in [3.63, 3.8) is 0 Å². The number of hydrogen-bond donors (Lipinski definition) is 0. The number of rotatable bonds is 5. The van der Waals surface area contributed by atoms with Gasteiger partial charge in [-0.3, -0.25) is 0 Å². The zero-order valence-electron chi connectivity index (χ0n) is 12.2. The highest BCUT2D eigenvalue weighted by Crippen LogP contribution is 2.21. The zero-order chi connectivity index (χ0) is 14.1. The molecule has 0 aliphatic carbocycles. The molecule has 102 valence electrons. The normalized spacial score (nSPS) is 9.72. The van der Waals surface area contributed by atoms with E-state index in [0.29, 0.717) is 23.8 Å². The Morgan fingerprint density at radius 1 is 1.33 bits per heavy atom. The predicted molar refractivity (Wildman–Crippen MR) is 77.4 cm³/mol. The summed E-state index contributed by atoms with van der Waals surface area (Å²) in [4.78, 5) is 0. The van der Waals surface area contributed by atoms with E-state index in [-0.39, 0.29) is 5.82 Å². The molecular weight excluding hydrogens is 227 g/mol. The highest BCUT2D eigenvalue weighted by atomic mass is 19.1. The third-order valence-corrected chi connectivity index (χ3v) is 2.36. The number of ether oxygens (including phenoxy) is 1. The summed E-state index contributed by atoms with van der Waals surface area (Å²) in [5.41, 5.74) is 1.28. The summed E-state index contributed by atoms with van der Waals surface area (Å²) >= 11 is 0. The van der Waals surface area contributed by atoms with Gasteiger partial charge in [0.15, 0.2) is 0 Å². The molecular formula is C16H25FO. The van der Waals surface area contributed by atoms with Crippen LogP contribution in [-0.4, -0.2) is 6.61 Å². The van der Waals surface area contributed by atoms with Crippen molar-refractivity contribution in [2.75, 3.05) is 6.61 Å². The van der Waals surface area contributed by atoms with Crippen LogP contribution >= 0.6 is 0 Å². The van der Waals surface area contributed by atoms with E-state index in [4.69, 9.17) is 4.74 Å². The molecule has 0 N–H and O–H groups in total. The number of hydrogen-bond acceptors (Lipinski definition) is 1. The molecule has 0 fully saturated rings. The number of halogens is 1. The van der Waals surface area contributed by atoms with E-state index >= 15 is 0 Å². The largest absolute Gasteiger partial charge is 0.493 e. The van der Waals surface area contributed by atoms with Gasteiger partial charge < -0.3 is 4.74 Å². The first-order valence-corrected chi connectivity index (χ1v) is 6.59. The molecule has 1 aromatic carbocycles. The minimum Gasteiger partial charge on any atom is -0.493 e. The highest BCUT2D eigenvalue weighted by Gasteiger charge is 2.04. The van der Waals surface area contributed by atoms with Crippen LogP contribution in [0.4, 0.5) is 4.39 Å². The van der Waals surface area contributed by atoms with E-state index in [1.165, 1.54) is 6.07 Å². The highest BCUT2D eigenvalue weighted by molar-refractivity contribution is 5.62. The first kappa shape index (κ1) is 16.7. The van der Waals surface area contributed by atoms with Crippen molar-refractivity contribution in [3.05, 3.63) is 36.2 Å². The fourth-order valence-corrected chi connectivity index (χ4v) is 1.34. The van der Waals surface area contributed by atoms with Crippen LogP contribution < -0.4 is 4.74 Å². The lowest BCUT2D eigenvalue weighted by molar-refractivity contribution is 0.288. The monoisotopic (exact) mass is 252 g/mol. The molecule has 0 aliphatic heterocycles. The average Bonchev–Trinajstić information content (AvgIpc) is 2.30. The molecule has 0 spiro atoms. The quantitative estimate of drug-likeness (QED) is 0.690. The molecule has 0 radical (unpaired) electrons. The second kappa shape index (κ2) is 8.73. The lowest BCUT2D eigenvalue weighted by Gasteiger charge is -2.09. The van der Waals surface area contributed by atoms with Gasteiger partial charge >= 0.3 is 0 Å². The Morgan fingerprint density at radius 3 is 2.39 bits per heavy atom. The minimum absolute atomic E-state index is 0.269. The Bertz CT molecular complexity index is 369. The molecule has 0 aliphatic rings. The molecule has 0 unspecified atom stereocenters. The molecule has 1 nitrogen and oxygen atoms in total. The Labute approximate surface area is 111 Å². The van der Waals surface area contributed by atoms with Gasteiger partial charge in [0.2, 0.25) is 0 Å². The summed E-state index contributed by atoms with van der Waals surface area (Å²) in [6, 6.07) is 4.92. The molecule has 0 bridgehead atoms. The van der Waals surface area contributed by atoms with Crippen molar-refractivity contribution in [1.82, 2.24) is 0 Å². The van der Waals surface area contributed by atoms with Gasteiger partial charge in [-0.05, 0) is 37.0 Å². The molecule has 0 amide bonds. The van der Waals surface area contributed by atoms with Crippen molar-refractivity contribution in [2.24, 2.45) is 5.92 Å². The van der Waals surface area contributed by atoms with Gasteiger partial charge in [-0.25, -0.2) is 4.39 Å². The smallest absolute Gasteiger partial charge is 0.134 e. The number of allylic oxidation sites excluding steroid dienone is 1. The third kappa shape index (κ3) is 5.85. The maximum absolute atomic E-state index is 13.5. The molecule has 2 heteroatoms. The molecule has 1 aromatic rings. The molecule has 0 heterocycles. The maximum atomic E-state index is 13.5. The van der Waals surface area contributed by atoms with E-state index < -0.39 is 0 Å². The van der Waals surface area contributed by atoms with E-state index in [0.717, 1.165) is 12.0 Å². The summed E-state index contributed by atoms with van der Waals surface area (Å²) in [5.74, 6) is 0.914. The SMILES string of the molecule is C=C(C)c1ccc(OCCC(C)C)cc1F.CC. The zero-order valence-corrected chi connectivity index (χ0v) is 12.2. The third-order valence-electron chi connectivity index (χ3n) is 2.36. The molecule has 0 atom stereocenters. The Morgan fingerprint density at radius 2 is 1.94 bits per heavy atom. The fourth-order valence-electron chi connectivity index (χ4n) is 1.34. The van der Waals surface area contributed by atoms with Gasteiger partial charge in [-0.15, -0.1) is 0 Å². The topological polar surface area (TPSA) is 9.23 Å². The minimum atomic E-state index is -0.269. The van der Waals surface area contributed by atoms with Crippen LogP contribution in [0.15, 0.2) is 24.8 Å². The van der Waals surface area contributed by atoms with Crippen LogP contribution in [0.5, 0.6) is 5.75 Å². The van der Waals surface area contributed by atoms with E-state index in [1.807, 2.05) is 13.8 Å². The maximum Gasteiger partial charge on any atom is 0.134 e. The van der Waals surface area contributed by atoms with Gasteiger partial charge in [0.25, 0.3) is 0 Å². The lowest BCUT2D eigenvalue weighted by Crippen LogP contribution is -2.01. The van der Waals surface area contributed by atoms with Crippen molar-refractivity contribution in [1.29, 1.82) is 0 Å². The van der Waals surface area contributed by atoms with Crippen molar-refractivity contribution in [2.45, 2.75) is 41.0 Å². The van der Waals surface area contributed by atoms with E-state index in [9.17, 15) is 4.39 Å². The standard InChI is InChI=1S/C14H19FO.C2H6/c1-10(2)7-8-16-12-5-6-13(11(3)4)14(15)9-12;1-2/h5-6,9-10H,3,7-8H2,1-2,4H3;1-2H3. The molecule has 0 saturated heterocycles. The van der Waals surface area contributed by atoms with Gasteiger partial charge in [0.05, 0.1) is 6.61 Å². The summed E-state index contributed by atoms with van der Waals surface area (Å²) < 4.78 is 19.0. The predicted octanol–water partition coefficient (Wildman–Crippen LogP) is 5.31. The van der Waals surface area contributed by atoms with Crippen LogP contribution in [0.2, 0.25) is 0 Å². The Balaban J connectivity index is 0.00000137. The lowest BCUT2D eigenvalue weighted by atomic mass is 10.1. The first-order valence-electron chi connectivity index (χ1n) is 6.59. The second-order valence-electron chi connectivity index (χ2n) is 4.45. The summed E-state index contributed by atoms with van der Waals surface area (Å²) in [6.07, 6.45) is 0.976. The Hall–Kier alpha value is -1.31. The molecule has 1 rings (SSSR count). The van der Waals surface area contributed by atoms with Gasteiger partial charge in [0.1, 0.15) is 11.6 Å². The number of benzene rings is 1. The first-order chi connectivity index (χ1) is 8.50. The van der Waals surface area contributed by atoms with Crippen molar-refractivity contribution < 1.29 is 9.13 Å². The molecule has 0 aromatic heterocycles. The molecule has 0 saturated carbocycles. The summed E-state index contributed by atoms with van der Waals surface area (Å²) in [7, 11) is 0. The van der Waals surface area contributed by atoms with Gasteiger partial charge in [0, 0.05) is 11.6 Å². The van der Waals surface area contributed by atoms with Crippen LogP contribution in [0.3, 0.4) is 0 Å². The van der Waals surface area contributed by atoms with Crippen LogP contribution in [0.25, 0.3) is 5.57 Å². The average molecular weight is 252 g/mol. The van der Waals surface area contributed by atoms with Crippen molar-refractivity contribution >= 4 is 5.57 Å². The summed E-state index contributed by atoms with van der Waals surface area (Å²) in [6.45, 7) is 14.4. The van der Waals surface area contributed by atoms with Crippen molar-refractivity contribution in [3.8, 4) is 5.75 Å². The summed E-state index contributed by atoms with van der Waals surface area (Å²) in [5, 5.41) is 0. The second-order valence-corrected chi connectivity index (χ2v) is 4.45. The van der Waals surface area contributed by atoms with Gasteiger partial charge in [-0.2, -0.15) is 0 Å². The fraction of sp³-hybridized carbons (Fsp3) is 0.500. The van der Waals surface area contributed by atoms with Crippen LogP contribution in [0.1, 0.15) is 46.6 Å². The van der Waals surface area contributed by atoms with Crippen LogP contribution in [-0.2, 0) is 0 Å². The molecule has 18 heavy (non-hydrogen) atoms. The van der Waals surface area contributed by atoms with Gasteiger partial charge in [-0.1, -0.05) is 34.3 Å². The Kier molecular flexibility index (Phi) is 8.10. The van der Waals surface area contributed by atoms with E-state index in [1.54, 1.807) is 19.1 Å². The van der Waals surface area contributed by atoms with Crippen LogP contribution in [0, 0.1) is 11.7 Å².